The van der Waals surface area contributed by atoms with Crippen LogP contribution < -0.4 is 16.2 Å². The largest absolute Gasteiger partial charge is 0.544 e. The Morgan fingerprint density at radius 1 is 1.10 bits per heavy atom. The van der Waals surface area contributed by atoms with Gasteiger partial charge in [-0.25, -0.2) is 0 Å². The Balaban J connectivity index is 1.90. The third-order valence-corrected chi connectivity index (χ3v) is 3.39. The minimum Gasteiger partial charge on any atom is -0.544 e. The Labute approximate surface area is 124 Å². The second-order valence-corrected chi connectivity index (χ2v) is 5.26. The highest BCUT2D eigenvalue weighted by Crippen LogP contribution is 2.12. The number of carbonyl (C=O) groups excluding carboxylic acids is 1. The quantitative estimate of drug-likeness (QED) is 0.811. The fourth-order valence-electron chi connectivity index (χ4n) is 2.04. The van der Waals surface area contributed by atoms with Crippen LogP contribution in [0.25, 0.3) is 0 Å². The normalized spacial score (nSPS) is 11.9. The zero-order valence-corrected chi connectivity index (χ0v) is 12.1. The van der Waals surface area contributed by atoms with Gasteiger partial charge in [0.05, 0.1) is 5.97 Å². The van der Waals surface area contributed by atoms with E-state index >= 15 is 0 Å². The molecular formula is C17H20N2O2. The molecule has 2 rings (SSSR count). The van der Waals surface area contributed by atoms with Crippen molar-refractivity contribution in [2.75, 3.05) is 5.32 Å². The Morgan fingerprint density at radius 2 is 1.67 bits per heavy atom. The predicted molar refractivity (Wildman–Crippen MR) is 80.3 cm³/mol. The van der Waals surface area contributed by atoms with E-state index in [9.17, 15) is 9.90 Å². The maximum atomic E-state index is 10.7. The van der Waals surface area contributed by atoms with Gasteiger partial charge < -0.3 is 21.0 Å². The molecule has 110 valence electrons. The first-order chi connectivity index (χ1) is 10.0. The number of benzene rings is 2. The van der Waals surface area contributed by atoms with Crippen molar-refractivity contribution >= 4 is 11.7 Å². The molecule has 0 aliphatic rings. The van der Waals surface area contributed by atoms with Gasteiger partial charge in [-0.3, -0.25) is 0 Å². The van der Waals surface area contributed by atoms with Gasteiger partial charge in [0, 0.05) is 18.7 Å². The number of quaternary nitrogens is 1. The van der Waals surface area contributed by atoms with E-state index in [0.29, 0.717) is 6.42 Å². The molecule has 0 amide bonds. The summed E-state index contributed by atoms with van der Waals surface area (Å²) in [6.45, 7) is 2.83. The van der Waals surface area contributed by atoms with Crippen LogP contribution >= 0.6 is 0 Å². The van der Waals surface area contributed by atoms with Crippen molar-refractivity contribution < 1.29 is 15.6 Å². The Hall–Kier alpha value is -2.33. The van der Waals surface area contributed by atoms with Crippen LogP contribution in [0.3, 0.4) is 0 Å². The van der Waals surface area contributed by atoms with E-state index in [1.807, 2.05) is 24.3 Å². The third-order valence-electron chi connectivity index (χ3n) is 3.39. The van der Waals surface area contributed by atoms with Gasteiger partial charge in [-0.05, 0) is 30.2 Å². The van der Waals surface area contributed by atoms with Gasteiger partial charge in [-0.15, -0.1) is 0 Å². The van der Waals surface area contributed by atoms with Crippen molar-refractivity contribution in [3.63, 3.8) is 0 Å². The number of anilines is 1. The van der Waals surface area contributed by atoms with Gasteiger partial charge in [0.1, 0.15) is 6.04 Å². The lowest BCUT2D eigenvalue weighted by atomic mass is 10.1. The maximum absolute atomic E-state index is 10.7. The van der Waals surface area contributed by atoms with Gasteiger partial charge in [0.25, 0.3) is 0 Å². The zero-order valence-electron chi connectivity index (χ0n) is 12.1. The van der Waals surface area contributed by atoms with Gasteiger partial charge in [-0.1, -0.05) is 42.0 Å². The van der Waals surface area contributed by atoms with Crippen molar-refractivity contribution in [3.05, 3.63) is 65.2 Å². The lowest BCUT2D eigenvalue weighted by Gasteiger charge is -2.11. The van der Waals surface area contributed by atoms with E-state index in [1.54, 1.807) is 0 Å². The Morgan fingerprint density at radius 3 is 2.24 bits per heavy atom. The molecule has 4 heteroatoms. The summed E-state index contributed by atoms with van der Waals surface area (Å²) in [7, 11) is 0. The molecular weight excluding hydrogens is 264 g/mol. The molecule has 2 aromatic carbocycles. The summed E-state index contributed by atoms with van der Waals surface area (Å²) in [5.74, 6) is -1.11. The van der Waals surface area contributed by atoms with E-state index in [-0.39, 0.29) is 0 Å². The highest BCUT2D eigenvalue weighted by atomic mass is 16.4. The SMILES string of the molecule is Cc1ccc(CNc2ccc(C[C@H]([NH3+])C(=O)[O-])cc2)cc1. The monoisotopic (exact) mass is 284 g/mol. The average Bonchev–Trinajstić information content (AvgIpc) is 2.48. The van der Waals surface area contributed by atoms with Crippen LogP contribution in [0.5, 0.6) is 0 Å². The number of aryl methyl sites for hydroxylation is 1. The summed E-state index contributed by atoms with van der Waals surface area (Å²) < 4.78 is 0. The number of aliphatic carboxylic acids is 1. The van der Waals surface area contributed by atoms with Gasteiger partial charge in [-0.2, -0.15) is 0 Å². The molecule has 0 bridgehead atoms. The number of hydrogen-bond donors (Lipinski definition) is 2. The third kappa shape index (κ3) is 4.61. The van der Waals surface area contributed by atoms with Gasteiger partial charge >= 0.3 is 0 Å². The van der Waals surface area contributed by atoms with Crippen LogP contribution in [0, 0.1) is 6.92 Å². The van der Waals surface area contributed by atoms with Crippen molar-refractivity contribution in [1.82, 2.24) is 0 Å². The first-order valence-corrected chi connectivity index (χ1v) is 6.97. The second-order valence-electron chi connectivity index (χ2n) is 5.26. The van der Waals surface area contributed by atoms with Crippen LogP contribution in [0.1, 0.15) is 16.7 Å². The van der Waals surface area contributed by atoms with Crippen molar-refractivity contribution in [1.29, 1.82) is 0 Å². The molecule has 0 aliphatic carbocycles. The zero-order chi connectivity index (χ0) is 15.2. The molecule has 0 spiro atoms. The summed E-state index contributed by atoms with van der Waals surface area (Å²) in [5.41, 5.74) is 7.98. The van der Waals surface area contributed by atoms with E-state index in [4.69, 9.17) is 0 Å². The number of hydrogen-bond acceptors (Lipinski definition) is 3. The van der Waals surface area contributed by atoms with Crippen LogP contribution in [0.15, 0.2) is 48.5 Å². The van der Waals surface area contributed by atoms with Crippen molar-refractivity contribution in [3.8, 4) is 0 Å². The van der Waals surface area contributed by atoms with E-state index < -0.39 is 12.0 Å². The molecule has 0 aromatic heterocycles. The molecule has 0 radical (unpaired) electrons. The van der Waals surface area contributed by atoms with Gasteiger partial charge in [0.15, 0.2) is 0 Å². The molecule has 2 aromatic rings. The molecule has 4 nitrogen and oxygen atoms in total. The second kappa shape index (κ2) is 6.90. The smallest absolute Gasteiger partial charge is 0.129 e. The molecule has 0 unspecified atom stereocenters. The number of carboxylic acid groups (broad SMARTS) is 1. The molecule has 0 fully saturated rings. The maximum Gasteiger partial charge on any atom is 0.129 e. The summed E-state index contributed by atoms with van der Waals surface area (Å²) in [4.78, 5) is 10.7. The molecule has 0 saturated carbocycles. The molecule has 0 aliphatic heterocycles. The molecule has 0 heterocycles. The van der Waals surface area contributed by atoms with Crippen LogP contribution in [-0.4, -0.2) is 12.0 Å². The number of rotatable bonds is 6. The summed E-state index contributed by atoms with van der Waals surface area (Å²) in [6.07, 6.45) is 0.389. The highest BCUT2D eigenvalue weighted by Gasteiger charge is 2.08. The highest BCUT2D eigenvalue weighted by molar-refractivity contribution is 5.69. The Kier molecular flexibility index (Phi) is 4.95. The van der Waals surface area contributed by atoms with Crippen LogP contribution in [-0.2, 0) is 17.8 Å². The fraction of sp³-hybridized carbons (Fsp3) is 0.235. The van der Waals surface area contributed by atoms with Crippen molar-refractivity contribution in [2.45, 2.75) is 25.9 Å². The first-order valence-electron chi connectivity index (χ1n) is 6.97. The number of carbonyl (C=O) groups is 1. The number of nitrogens with one attached hydrogen (secondary N) is 1. The summed E-state index contributed by atoms with van der Waals surface area (Å²) >= 11 is 0. The van der Waals surface area contributed by atoms with E-state index in [1.165, 1.54) is 11.1 Å². The molecule has 1 atom stereocenters. The van der Waals surface area contributed by atoms with Crippen LogP contribution in [0.4, 0.5) is 5.69 Å². The van der Waals surface area contributed by atoms with Crippen molar-refractivity contribution in [2.24, 2.45) is 0 Å². The summed E-state index contributed by atoms with van der Waals surface area (Å²) in [5, 5.41) is 14.0. The topological polar surface area (TPSA) is 79.8 Å². The average molecular weight is 284 g/mol. The predicted octanol–water partition coefficient (Wildman–Crippen LogP) is 0.510. The molecule has 4 N–H and O–H groups in total. The van der Waals surface area contributed by atoms with Gasteiger partial charge in [0.2, 0.25) is 0 Å². The van der Waals surface area contributed by atoms with E-state index in [2.05, 4.69) is 42.2 Å². The lowest BCUT2D eigenvalue weighted by Crippen LogP contribution is -2.69. The summed E-state index contributed by atoms with van der Waals surface area (Å²) in [6, 6.07) is 15.4. The van der Waals surface area contributed by atoms with E-state index in [0.717, 1.165) is 17.8 Å². The number of carboxylic acids is 1. The minimum atomic E-state index is -1.11. The fourth-order valence-corrected chi connectivity index (χ4v) is 2.04. The lowest BCUT2D eigenvalue weighted by molar-refractivity contribution is -0.437. The Bertz CT molecular complexity index is 591. The minimum absolute atomic E-state index is 0.389. The first kappa shape index (κ1) is 15.1. The molecule has 21 heavy (non-hydrogen) atoms. The standard InChI is InChI=1S/C17H20N2O2/c1-12-2-4-14(5-3-12)11-19-15-8-6-13(7-9-15)10-16(18)17(20)21/h2-9,16,19H,10-11,18H2,1H3,(H,20,21)/t16-/m0/s1. The van der Waals surface area contributed by atoms with Crippen LogP contribution in [0.2, 0.25) is 0 Å². The molecule has 0 saturated heterocycles.